The number of rotatable bonds is 3. The molecule has 5 nitrogen and oxygen atoms in total. The van der Waals surface area contributed by atoms with E-state index in [2.05, 4.69) is 15.9 Å². The van der Waals surface area contributed by atoms with Crippen molar-refractivity contribution in [2.75, 3.05) is 0 Å². The Morgan fingerprint density at radius 3 is 2.26 bits per heavy atom. The van der Waals surface area contributed by atoms with Crippen LogP contribution in [-0.2, 0) is 11.8 Å². The van der Waals surface area contributed by atoms with Crippen molar-refractivity contribution in [2.45, 2.75) is 18.6 Å². The summed E-state index contributed by atoms with van der Waals surface area (Å²) in [6.45, 7) is 0.394. The van der Waals surface area contributed by atoms with E-state index in [4.69, 9.17) is 5.11 Å². The molecule has 2 N–H and O–H groups in total. The predicted molar refractivity (Wildman–Crippen MR) is 62.7 cm³/mol. The molecule has 0 radical (unpaired) electrons. The first-order valence-electron chi connectivity index (χ1n) is 4.93. The predicted octanol–water partition coefficient (Wildman–Crippen LogP) is 1.92. The molecule has 1 atom stereocenters. The lowest BCUT2D eigenvalue weighted by molar-refractivity contribution is -0.203. The maximum absolute atomic E-state index is 12.7. The van der Waals surface area contributed by atoms with Gasteiger partial charge in [-0.15, -0.1) is 0 Å². The highest BCUT2D eigenvalue weighted by molar-refractivity contribution is 9.10. The number of nitrogens with one attached hydrogen (secondary N) is 1. The summed E-state index contributed by atoms with van der Waals surface area (Å²) in [4.78, 5) is 22.5. The fourth-order valence-electron chi connectivity index (χ4n) is 1.29. The number of carboxylic acid groups (broad SMARTS) is 1. The van der Waals surface area contributed by atoms with Crippen LogP contribution in [0, 0.1) is 0 Å². The molecule has 0 aliphatic rings. The van der Waals surface area contributed by atoms with Crippen LogP contribution in [-0.4, -0.2) is 33.3 Å². The van der Waals surface area contributed by atoms with Gasteiger partial charge in [0.1, 0.15) is 5.69 Å². The molecule has 1 aromatic heterocycles. The molecule has 0 saturated carbocycles. The SMILES string of the molecule is Cn1cc(Br)cc1C(=O)NC(C)(C(=O)O)C(F)(F)F. The van der Waals surface area contributed by atoms with E-state index in [1.807, 2.05) is 0 Å². The van der Waals surface area contributed by atoms with Gasteiger partial charge in [-0.1, -0.05) is 0 Å². The van der Waals surface area contributed by atoms with E-state index in [1.165, 1.54) is 29.2 Å². The number of carbonyl (C=O) groups excluding carboxylic acids is 1. The molecule has 0 bridgehead atoms. The molecule has 1 aromatic rings. The van der Waals surface area contributed by atoms with Crippen LogP contribution < -0.4 is 5.32 Å². The van der Waals surface area contributed by atoms with E-state index in [-0.39, 0.29) is 5.69 Å². The van der Waals surface area contributed by atoms with Gasteiger partial charge in [0.2, 0.25) is 5.54 Å². The average Bonchev–Trinajstić information content (AvgIpc) is 2.55. The molecule has 19 heavy (non-hydrogen) atoms. The smallest absolute Gasteiger partial charge is 0.422 e. The second-order valence-electron chi connectivity index (χ2n) is 4.04. The van der Waals surface area contributed by atoms with E-state index in [0.29, 0.717) is 11.4 Å². The Hall–Kier alpha value is -1.51. The number of amides is 1. The lowest BCUT2D eigenvalue weighted by Crippen LogP contribution is -2.62. The van der Waals surface area contributed by atoms with Crippen molar-refractivity contribution in [1.82, 2.24) is 9.88 Å². The molecule has 1 rings (SSSR count). The lowest BCUT2D eigenvalue weighted by atomic mass is 10.0. The fraction of sp³-hybridized carbons (Fsp3) is 0.400. The molecule has 1 unspecified atom stereocenters. The number of halogens is 4. The van der Waals surface area contributed by atoms with Crippen LogP contribution in [0.2, 0.25) is 0 Å². The third kappa shape index (κ3) is 2.91. The van der Waals surface area contributed by atoms with Gasteiger partial charge < -0.3 is 15.0 Å². The van der Waals surface area contributed by atoms with E-state index < -0.39 is 23.6 Å². The Morgan fingerprint density at radius 1 is 1.42 bits per heavy atom. The van der Waals surface area contributed by atoms with Crippen molar-refractivity contribution < 1.29 is 27.9 Å². The van der Waals surface area contributed by atoms with Crippen LogP contribution in [0.25, 0.3) is 0 Å². The third-order valence-electron chi connectivity index (χ3n) is 2.56. The summed E-state index contributed by atoms with van der Waals surface area (Å²) >= 11 is 3.06. The second-order valence-corrected chi connectivity index (χ2v) is 4.95. The zero-order valence-electron chi connectivity index (χ0n) is 9.88. The fourth-order valence-corrected chi connectivity index (χ4v) is 1.81. The molecule has 0 fully saturated rings. The maximum atomic E-state index is 12.7. The second kappa shape index (κ2) is 4.87. The van der Waals surface area contributed by atoms with Gasteiger partial charge in [-0.25, -0.2) is 4.79 Å². The van der Waals surface area contributed by atoms with Crippen LogP contribution in [0.15, 0.2) is 16.7 Å². The van der Waals surface area contributed by atoms with Gasteiger partial charge in [0.05, 0.1) is 0 Å². The lowest BCUT2D eigenvalue weighted by Gasteiger charge is -2.28. The zero-order chi connectivity index (χ0) is 15.0. The molecular formula is C10H10BrF3N2O3. The first-order valence-corrected chi connectivity index (χ1v) is 5.73. The first-order chi connectivity index (χ1) is 8.49. The van der Waals surface area contributed by atoms with E-state index in [9.17, 15) is 22.8 Å². The topological polar surface area (TPSA) is 71.3 Å². The molecule has 1 heterocycles. The summed E-state index contributed by atoms with van der Waals surface area (Å²) in [7, 11) is 1.45. The summed E-state index contributed by atoms with van der Waals surface area (Å²) in [6.07, 6.45) is -3.66. The Labute approximate surface area is 114 Å². The van der Waals surface area contributed by atoms with Gasteiger partial charge in [0.15, 0.2) is 0 Å². The number of carboxylic acids is 1. The molecule has 106 valence electrons. The van der Waals surface area contributed by atoms with Crippen LogP contribution >= 0.6 is 15.9 Å². The van der Waals surface area contributed by atoms with Crippen LogP contribution in [0.4, 0.5) is 13.2 Å². The van der Waals surface area contributed by atoms with Crippen LogP contribution in [0.1, 0.15) is 17.4 Å². The van der Waals surface area contributed by atoms with Gasteiger partial charge in [0, 0.05) is 17.7 Å². The van der Waals surface area contributed by atoms with Gasteiger partial charge in [-0.3, -0.25) is 4.79 Å². The molecule has 0 aromatic carbocycles. The van der Waals surface area contributed by atoms with Gasteiger partial charge in [-0.2, -0.15) is 13.2 Å². The highest BCUT2D eigenvalue weighted by Crippen LogP contribution is 2.30. The normalized spacial score (nSPS) is 14.8. The standard InChI is InChI=1S/C10H10BrF3N2O3/c1-9(8(18)19,10(12,13)14)15-7(17)6-3-5(11)4-16(6)2/h3-4H,1-2H3,(H,15,17)(H,18,19). The monoisotopic (exact) mass is 342 g/mol. The molecule has 0 aliphatic carbocycles. The number of carbonyl (C=O) groups is 2. The zero-order valence-corrected chi connectivity index (χ0v) is 11.5. The molecule has 0 aliphatic heterocycles. The number of alkyl halides is 3. The first kappa shape index (κ1) is 15.5. The average molecular weight is 343 g/mol. The summed E-state index contributed by atoms with van der Waals surface area (Å²) in [5.74, 6) is -3.31. The summed E-state index contributed by atoms with van der Waals surface area (Å²) in [5.41, 5.74) is -3.44. The van der Waals surface area contributed by atoms with Gasteiger partial charge >= 0.3 is 12.1 Å². The van der Waals surface area contributed by atoms with Gasteiger partial charge in [0.25, 0.3) is 5.91 Å². The Morgan fingerprint density at radius 2 is 1.95 bits per heavy atom. The van der Waals surface area contributed by atoms with Crippen LogP contribution in [0.5, 0.6) is 0 Å². The van der Waals surface area contributed by atoms with E-state index in [0.717, 1.165) is 0 Å². The molecule has 0 spiro atoms. The number of hydrogen-bond donors (Lipinski definition) is 2. The third-order valence-corrected chi connectivity index (χ3v) is 3.00. The van der Waals surface area contributed by atoms with Crippen molar-refractivity contribution in [3.63, 3.8) is 0 Å². The number of aromatic nitrogens is 1. The summed E-state index contributed by atoms with van der Waals surface area (Å²) in [5, 5.41) is 10.2. The number of aliphatic carboxylic acids is 1. The quantitative estimate of drug-likeness (QED) is 0.881. The highest BCUT2D eigenvalue weighted by Gasteiger charge is 2.58. The van der Waals surface area contributed by atoms with Crippen molar-refractivity contribution in [3.8, 4) is 0 Å². The summed E-state index contributed by atoms with van der Waals surface area (Å²) < 4.78 is 39.9. The van der Waals surface area contributed by atoms with Crippen molar-refractivity contribution in [3.05, 3.63) is 22.4 Å². The van der Waals surface area contributed by atoms with Crippen LogP contribution in [0.3, 0.4) is 0 Å². The van der Waals surface area contributed by atoms with E-state index in [1.54, 1.807) is 0 Å². The molecule has 0 saturated heterocycles. The minimum Gasteiger partial charge on any atom is -0.479 e. The maximum Gasteiger partial charge on any atom is 0.422 e. The summed E-state index contributed by atoms with van der Waals surface area (Å²) in [6, 6.07) is 1.29. The Bertz CT molecular complexity index is 527. The van der Waals surface area contributed by atoms with E-state index >= 15 is 0 Å². The Balaban J connectivity index is 3.09. The van der Waals surface area contributed by atoms with Crippen molar-refractivity contribution >= 4 is 27.8 Å². The number of hydrogen-bond acceptors (Lipinski definition) is 2. The minimum absolute atomic E-state index is 0.0939. The molecule has 9 heteroatoms. The van der Waals surface area contributed by atoms with Crippen molar-refractivity contribution in [2.24, 2.45) is 7.05 Å². The largest absolute Gasteiger partial charge is 0.479 e. The highest BCUT2D eigenvalue weighted by atomic mass is 79.9. The number of nitrogens with zero attached hydrogens (tertiary/aromatic N) is 1. The van der Waals surface area contributed by atoms with Crippen molar-refractivity contribution in [1.29, 1.82) is 0 Å². The molecule has 1 amide bonds. The Kier molecular flexibility index (Phi) is 3.99. The van der Waals surface area contributed by atoms with Gasteiger partial charge in [-0.05, 0) is 28.9 Å². The molecular weight excluding hydrogens is 333 g/mol. The number of aryl methyl sites for hydroxylation is 1. The minimum atomic E-state index is -5.11.